The van der Waals surface area contributed by atoms with Crippen molar-refractivity contribution >= 4 is 6.03 Å². The summed E-state index contributed by atoms with van der Waals surface area (Å²) in [6.45, 7) is 10.2. The van der Waals surface area contributed by atoms with Crippen LogP contribution < -0.4 is 10.6 Å². The predicted molar refractivity (Wildman–Crippen MR) is 75.8 cm³/mol. The quantitative estimate of drug-likeness (QED) is 0.841. The molecule has 2 N–H and O–H groups in total. The smallest absolute Gasteiger partial charge is 0.315 e. The first-order chi connectivity index (χ1) is 8.43. The van der Waals surface area contributed by atoms with Crippen molar-refractivity contribution in [3.05, 3.63) is 34.9 Å². The second-order valence-electron chi connectivity index (χ2n) is 4.99. The molecule has 3 nitrogen and oxygen atoms in total. The third kappa shape index (κ3) is 4.06. The summed E-state index contributed by atoms with van der Waals surface area (Å²) in [5.41, 5.74) is 3.66. The van der Waals surface area contributed by atoms with E-state index >= 15 is 0 Å². The number of hydrogen-bond acceptors (Lipinski definition) is 1. The van der Waals surface area contributed by atoms with E-state index < -0.39 is 0 Å². The fourth-order valence-electron chi connectivity index (χ4n) is 1.68. The van der Waals surface area contributed by atoms with Gasteiger partial charge < -0.3 is 10.6 Å². The van der Waals surface area contributed by atoms with Crippen LogP contribution in [-0.2, 0) is 0 Å². The maximum absolute atomic E-state index is 11.7. The first-order valence-electron chi connectivity index (χ1n) is 6.58. The standard InChI is InChI=1S/C15H24N2O/c1-6-12(4)16-15(18)17-13(5)14-8-7-10(2)11(3)9-14/h7-9,12-13H,6H2,1-5H3,(H2,16,17,18)/t12-,13+/m0/s1. The molecule has 0 radical (unpaired) electrons. The number of amides is 2. The summed E-state index contributed by atoms with van der Waals surface area (Å²) in [5, 5.41) is 5.86. The zero-order chi connectivity index (χ0) is 13.7. The number of aryl methyl sites for hydroxylation is 2. The van der Waals surface area contributed by atoms with Crippen LogP contribution >= 0.6 is 0 Å². The Morgan fingerprint density at radius 2 is 1.83 bits per heavy atom. The summed E-state index contributed by atoms with van der Waals surface area (Å²) >= 11 is 0. The third-order valence-corrected chi connectivity index (χ3v) is 3.37. The molecule has 100 valence electrons. The molecule has 0 unspecified atom stereocenters. The normalized spacial score (nSPS) is 13.8. The maximum atomic E-state index is 11.7. The van der Waals surface area contributed by atoms with Crippen LogP contribution in [0.4, 0.5) is 4.79 Å². The van der Waals surface area contributed by atoms with Gasteiger partial charge in [-0.05, 0) is 50.8 Å². The highest BCUT2D eigenvalue weighted by Crippen LogP contribution is 2.16. The van der Waals surface area contributed by atoms with Crippen LogP contribution in [0.5, 0.6) is 0 Å². The van der Waals surface area contributed by atoms with Crippen molar-refractivity contribution in [2.45, 2.75) is 53.1 Å². The molecule has 0 fully saturated rings. The molecule has 0 aliphatic heterocycles. The Balaban J connectivity index is 2.62. The van der Waals surface area contributed by atoms with Gasteiger partial charge in [-0.1, -0.05) is 25.1 Å². The fourth-order valence-corrected chi connectivity index (χ4v) is 1.68. The van der Waals surface area contributed by atoms with E-state index in [9.17, 15) is 4.79 Å². The monoisotopic (exact) mass is 248 g/mol. The van der Waals surface area contributed by atoms with Gasteiger partial charge in [-0.15, -0.1) is 0 Å². The van der Waals surface area contributed by atoms with Crippen LogP contribution in [0.15, 0.2) is 18.2 Å². The van der Waals surface area contributed by atoms with Crippen molar-refractivity contribution in [1.82, 2.24) is 10.6 Å². The molecular formula is C15H24N2O. The van der Waals surface area contributed by atoms with E-state index in [4.69, 9.17) is 0 Å². The molecule has 0 saturated carbocycles. The van der Waals surface area contributed by atoms with Gasteiger partial charge in [-0.3, -0.25) is 0 Å². The van der Waals surface area contributed by atoms with E-state index in [1.807, 2.05) is 13.8 Å². The molecule has 0 heterocycles. The molecule has 0 aromatic heterocycles. The van der Waals surface area contributed by atoms with E-state index in [1.54, 1.807) is 0 Å². The summed E-state index contributed by atoms with van der Waals surface area (Å²) in [6, 6.07) is 6.41. The number of benzene rings is 1. The molecule has 2 amide bonds. The number of carbonyl (C=O) groups is 1. The van der Waals surface area contributed by atoms with Crippen LogP contribution in [0, 0.1) is 13.8 Å². The average Bonchev–Trinajstić information content (AvgIpc) is 2.32. The second kappa shape index (κ2) is 6.43. The lowest BCUT2D eigenvalue weighted by molar-refractivity contribution is 0.234. The molecule has 0 bridgehead atoms. The van der Waals surface area contributed by atoms with Crippen molar-refractivity contribution in [2.75, 3.05) is 0 Å². The van der Waals surface area contributed by atoms with E-state index in [2.05, 4.69) is 49.6 Å². The Morgan fingerprint density at radius 3 is 2.39 bits per heavy atom. The molecule has 0 saturated heterocycles. The summed E-state index contributed by atoms with van der Waals surface area (Å²) < 4.78 is 0. The van der Waals surface area contributed by atoms with Gasteiger partial charge in [-0.2, -0.15) is 0 Å². The van der Waals surface area contributed by atoms with Crippen molar-refractivity contribution in [3.63, 3.8) is 0 Å². The van der Waals surface area contributed by atoms with Crippen molar-refractivity contribution < 1.29 is 4.79 Å². The summed E-state index contributed by atoms with van der Waals surface area (Å²) in [7, 11) is 0. The third-order valence-electron chi connectivity index (χ3n) is 3.37. The minimum Gasteiger partial charge on any atom is -0.336 e. The molecule has 0 aliphatic carbocycles. The van der Waals surface area contributed by atoms with Crippen LogP contribution in [0.1, 0.15) is 49.9 Å². The Hall–Kier alpha value is -1.51. The lowest BCUT2D eigenvalue weighted by Gasteiger charge is -2.18. The minimum absolute atomic E-state index is 0.0216. The number of urea groups is 1. The van der Waals surface area contributed by atoms with Gasteiger partial charge in [-0.25, -0.2) is 4.79 Å². The van der Waals surface area contributed by atoms with Crippen molar-refractivity contribution in [1.29, 1.82) is 0 Å². The number of hydrogen-bond donors (Lipinski definition) is 2. The summed E-state index contributed by atoms with van der Waals surface area (Å²) in [5.74, 6) is 0. The van der Waals surface area contributed by atoms with Gasteiger partial charge in [0.2, 0.25) is 0 Å². The molecule has 1 aromatic rings. The Labute approximate surface area is 110 Å². The first kappa shape index (κ1) is 14.6. The Bertz CT molecular complexity index is 415. The van der Waals surface area contributed by atoms with E-state index in [0.29, 0.717) is 0 Å². The molecular weight excluding hydrogens is 224 g/mol. The lowest BCUT2D eigenvalue weighted by atomic mass is 10.0. The fraction of sp³-hybridized carbons (Fsp3) is 0.533. The van der Waals surface area contributed by atoms with Gasteiger partial charge in [0.15, 0.2) is 0 Å². The number of carbonyl (C=O) groups excluding carboxylic acids is 1. The highest BCUT2D eigenvalue weighted by molar-refractivity contribution is 5.74. The Kier molecular flexibility index (Phi) is 5.20. The van der Waals surface area contributed by atoms with Gasteiger partial charge in [0.1, 0.15) is 0 Å². The highest BCUT2D eigenvalue weighted by Gasteiger charge is 2.11. The summed E-state index contributed by atoms with van der Waals surface area (Å²) in [6.07, 6.45) is 0.936. The van der Waals surface area contributed by atoms with Crippen molar-refractivity contribution in [2.24, 2.45) is 0 Å². The molecule has 3 heteroatoms. The lowest BCUT2D eigenvalue weighted by Crippen LogP contribution is -2.41. The van der Waals surface area contributed by atoms with Gasteiger partial charge in [0.25, 0.3) is 0 Å². The van der Waals surface area contributed by atoms with Gasteiger partial charge in [0.05, 0.1) is 6.04 Å². The van der Waals surface area contributed by atoms with Gasteiger partial charge >= 0.3 is 6.03 Å². The largest absolute Gasteiger partial charge is 0.336 e. The zero-order valence-electron chi connectivity index (χ0n) is 12.0. The zero-order valence-corrected chi connectivity index (χ0v) is 12.0. The molecule has 18 heavy (non-hydrogen) atoms. The predicted octanol–water partition coefficient (Wildman–Crippen LogP) is 3.46. The van der Waals surface area contributed by atoms with Crippen LogP contribution in [0.25, 0.3) is 0 Å². The number of nitrogens with one attached hydrogen (secondary N) is 2. The van der Waals surface area contributed by atoms with E-state index in [0.717, 1.165) is 12.0 Å². The van der Waals surface area contributed by atoms with Crippen molar-refractivity contribution in [3.8, 4) is 0 Å². The molecule has 0 spiro atoms. The van der Waals surface area contributed by atoms with E-state index in [-0.39, 0.29) is 18.1 Å². The van der Waals surface area contributed by atoms with Crippen LogP contribution in [0.2, 0.25) is 0 Å². The van der Waals surface area contributed by atoms with Crippen LogP contribution in [0.3, 0.4) is 0 Å². The average molecular weight is 248 g/mol. The highest BCUT2D eigenvalue weighted by atomic mass is 16.2. The molecule has 2 atom stereocenters. The molecule has 0 aliphatic rings. The first-order valence-corrected chi connectivity index (χ1v) is 6.58. The summed E-state index contributed by atoms with van der Waals surface area (Å²) in [4.78, 5) is 11.7. The minimum atomic E-state index is -0.102. The van der Waals surface area contributed by atoms with Gasteiger partial charge in [0, 0.05) is 6.04 Å². The number of rotatable bonds is 4. The maximum Gasteiger partial charge on any atom is 0.315 e. The van der Waals surface area contributed by atoms with E-state index in [1.165, 1.54) is 11.1 Å². The molecule has 1 rings (SSSR count). The SMILES string of the molecule is CC[C@H](C)NC(=O)N[C@H](C)c1ccc(C)c(C)c1. The topological polar surface area (TPSA) is 41.1 Å². The Morgan fingerprint density at radius 1 is 1.17 bits per heavy atom. The van der Waals surface area contributed by atoms with Crippen LogP contribution in [-0.4, -0.2) is 12.1 Å². The second-order valence-corrected chi connectivity index (χ2v) is 4.99. The molecule has 1 aromatic carbocycles.